The molecule has 5 heteroatoms. The SMILES string of the molecule is N#CC1=C[C@@H](OCc2ccccc2)[C@@H](OCc2ccccc2)[C@@H](COCc2ccccc2)O1. The number of hydrogen-bond donors (Lipinski definition) is 0. The fourth-order valence-corrected chi connectivity index (χ4v) is 3.66. The minimum atomic E-state index is -0.474. The molecule has 0 aliphatic carbocycles. The van der Waals surface area contributed by atoms with Crippen molar-refractivity contribution >= 4 is 0 Å². The van der Waals surface area contributed by atoms with Crippen molar-refractivity contribution in [1.82, 2.24) is 0 Å². The Kier molecular flexibility index (Phi) is 8.26. The van der Waals surface area contributed by atoms with Crippen LogP contribution in [0.15, 0.2) is 103 Å². The first-order chi connectivity index (χ1) is 16.3. The van der Waals surface area contributed by atoms with E-state index in [0.717, 1.165) is 16.7 Å². The van der Waals surface area contributed by atoms with Gasteiger partial charge < -0.3 is 18.9 Å². The quantitative estimate of drug-likeness (QED) is 0.434. The molecule has 3 atom stereocenters. The fraction of sp³-hybridized carbons (Fsp3) is 0.250. The number of ether oxygens (including phenoxy) is 4. The molecule has 3 aromatic rings. The first-order valence-electron chi connectivity index (χ1n) is 11.0. The molecule has 0 spiro atoms. The van der Waals surface area contributed by atoms with E-state index >= 15 is 0 Å². The first kappa shape index (κ1) is 22.8. The van der Waals surface area contributed by atoms with E-state index < -0.39 is 18.3 Å². The Hall–Kier alpha value is -3.43. The van der Waals surface area contributed by atoms with Crippen LogP contribution in [0.25, 0.3) is 0 Å². The van der Waals surface area contributed by atoms with Gasteiger partial charge in [0, 0.05) is 6.08 Å². The second-order valence-corrected chi connectivity index (χ2v) is 7.82. The topological polar surface area (TPSA) is 60.7 Å². The van der Waals surface area contributed by atoms with Crippen LogP contribution in [-0.2, 0) is 38.8 Å². The maximum atomic E-state index is 9.53. The van der Waals surface area contributed by atoms with E-state index in [4.69, 9.17) is 18.9 Å². The molecule has 168 valence electrons. The number of nitrogens with zero attached hydrogens (tertiary/aromatic N) is 1. The third-order valence-corrected chi connectivity index (χ3v) is 5.36. The lowest BCUT2D eigenvalue weighted by Gasteiger charge is -2.35. The van der Waals surface area contributed by atoms with Crippen molar-refractivity contribution in [3.63, 3.8) is 0 Å². The predicted molar refractivity (Wildman–Crippen MR) is 125 cm³/mol. The molecule has 0 radical (unpaired) electrons. The summed E-state index contributed by atoms with van der Waals surface area (Å²) < 4.78 is 24.4. The van der Waals surface area contributed by atoms with Crippen LogP contribution in [0.4, 0.5) is 0 Å². The number of hydrogen-bond acceptors (Lipinski definition) is 5. The molecule has 0 saturated carbocycles. The predicted octanol–water partition coefficient (Wildman–Crippen LogP) is 5.18. The molecule has 1 aliphatic heterocycles. The largest absolute Gasteiger partial charge is 0.475 e. The molecular formula is C28H27NO4. The molecule has 1 aliphatic rings. The Labute approximate surface area is 194 Å². The third kappa shape index (κ3) is 6.77. The average Bonchev–Trinajstić information content (AvgIpc) is 2.88. The Morgan fingerprint density at radius 1 is 0.697 bits per heavy atom. The summed E-state index contributed by atoms with van der Waals surface area (Å²) >= 11 is 0. The normalized spacial score (nSPS) is 19.8. The van der Waals surface area contributed by atoms with Crippen molar-refractivity contribution in [2.75, 3.05) is 6.61 Å². The van der Waals surface area contributed by atoms with Gasteiger partial charge in [-0.05, 0) is 16.7 Å². The maximum absolute atomic E-state index is 9.53. The molecule has 4 rings (SSSR count). The Morgan fingerprint density at radius 3 is 1.76 bits per heavy atom. The van der Waals surface area contributed by atoms with Crippen molar-refractivity contribution in [2.45, 2.75) is 38.1 Å². The number of rotatable bonds is 10. The highest BCUT2D eigenvalue weighted by molar-refractivity contribution is 5.21. The summed E-state index contributed by atoms with van der Waals surface area (Å²) in [7, 11) is 0. The lowest BCUT2D eigenvalue weighted by Crippen LogP contribution is -2.47. The van der Waals surface area contributed by atoms with Gasteiger partial charge in [0.2, 0.25) is 0 Å². The van der Waals surface area contributed by atoms with E-state index in [1.54, 1.807) is 6.08 Å². The first-order valence-corrected chi connectivity index (χ1v) is 11.0. The minimum Gasteiger partial charge on any atom is -0.475 e. The Balaban J connectivity index is 1.47. The zero-order chi connectivity index (χ0) is 22.7. The Morgan fingerprint density at radius 2 is 1.21 bits per heavy atom. The van der Waals surface area contributed by atoms with Crippen LogP contribution in [0.2, 0.25) is 0 Å². The highest BCUT2D eigenvalue weighted by atomic mass is 16.6. The van der Waals surface area contributed by atoms with Crippen LogP contribution in [0, 0.1) is 11.3 Å². The Bertz CT molecular complexity index is 1050. The van der Waals surface area contributed by atoms with Crippen LogP contribution >= 0.6 is 0 Å². The monoisotopic (exact) mass is 441 g/mol. The van der Waals surface area contributed by atoms with E-state index in [2.05, 4.69) is 6.07 Å². The van der Waals surface area contributed by atoms with Crippen molar-refractivity contribution < 1.29 is 18.9 Å². The minimum absolute atomic E-state index is 0.223. The van der Waals surface area contributed by atoms with E-state index in [1.807, 2.05) is 91.0 Å². The van der Waals surface area contributed by atoms with Crippen molar-refractivity contribution in [3.8, 4) is 6.07 Å². The maximum Gasteiger partial charge on any atom is 0.196 e. The van der Waals surface area contributed by atoms with Crippen molar-refractivity contribution in [1.29, 1.82) is 5.26 Å². The molecule has 0 bridgehead atoms. The van der Waals surface area contributed by atoms with Gasteiger partial charge in [0.1, 0.15) is 18.3 Å². The van der Waals surface area contributed by atoms with Gasteiger partial charge in [0.15, 0.2) is 11.9 Å². The van der Waals surface area contributed by atoms with Gasteiger partial charge in [-0.1, -0.05) is 91.0 Å². The van der Waals surface area contributed by atoms with Gasteiger partial charge in [0.25, 0.3) is 0 Å². The summed E-state index contributed by atoms with van der Waals surface area (Å²) in [6, 6.07) is 32.0. The molecular weight excluding hydrogens is 414 g/mol. The van der Waals surface area contributed by atoms with Crippen LogP contribution in [-0.4, -0.2) is 24.9 Å². The summed E-state index contributed by atoms with van der Waals surface area (Å²) in [5.41, 5.74) is 3.18. The lowest BCUT2D eigenvalue weighted by molar-refractivity contribution is -0.151. The number of allylic oxidation sites excluding steroid dienone is 1. The van der Waals surface area contributed by atoms with E-state index in [9.17, 15) is 5.26 Å². The molecule has 0 saturated heterocycles. The van der Waals surface area contributed by atoms with Gasteiger partial charge in [-0.3, -0.25) is 0 Å². The zero-order valence-corrected chi connectivity index (χ0v) is 18.4. The number of benzene rings is 3. The van der Waals surface area contributed by atoms with Crippen LogP contribution < -0.4 is 0 Å². The van der Waals surface area contributed by atoms with Gasteiger partial charge in [-0.15, -0.1) is 0 Å². The summed E-state index contributed by atoms with van der Waals surface area (Å²) in [5, 5.41) is 9.53. The van der Waals surface area contributed by atoms with Gasteiger partial charge in [-0.25, -0.2) is 0 Å². The molecule has 1 heterocycles. The average molecular weight is 442 g/mol. The molecule has 33 heavy (non-hydrogen) atoms. The summed E-state index contributed by atoms with van der Waals surface area (Å²) in [5.74, 6) is 0.223. The zero-order valence-electron chi connectivity index (χ0n) is 18.4. The van der Waals surface area contributed by atoms with Gasteiger partial charge in [-0.2, -0.15) is 5.26 Å². The fourth-order valence-electron chi connectivity index (χ4n) is 3.66. The highest BCUT2D eigenvalue weighted by Crippen LogP contribution is 2.25. The number of nitriles is 1. The van der Waals surface area contributed by atoms with E-state index in [0.29, 0.717) is 19.8 Å². The second-order valence-electron chi connectivity index (χ2n) is 7.82. The highest BCUT2D eigenvalue weighted by Gasteiger charge is 2.37. The molecule has 0 N–H and O–H groups in total. The molecule has 3 aromatic carbocycles. The third-order valence-electron chi connectivity index (χ3n) is 5.36. The van der Waals surface area contributed by atoms with Crippen LogP contribution in [0.3, 0.4) is 0 Å². The lowest BCUT2D eigenvalue weighted by atomic mass is 10.0. The summed E-state index contributed by atoms with van der Waals surface area (Å²) in [6.07, 6.45) is 0.356. The molecule has 0 fully saturated rings. The van der Waals surface area contributed by atoms with Gasteiger partial charge in [0.05, 0.1) is 26.4 Å². The van der Waals surface area contributed by atoms with Crippen molar-refractivity contribution in [2.24, 2.45) is 0 Å². The van der Waals surface area contributed by atoms with Crippen LogP contribution in [0.5, 0.6) is 0 Å². The second kappa shape index (κ2) is 12.0. The summed E-state index contributed by atoms with van der Waals surface area (Å²) in [6.45, 7) is 1.54. The standard InChI is InChI=1S/C28H27NO4/c29-17-25-16-26(31-19-23-12-6-2-7-13-23)28(32-20-24-14-8-3-9-15-24)27(33-25)21-30-18-22-10-4-1-5-11-22/h1-16,26-28H,18-21H2/t26-,27-,28-/m1/s1. The smallest absolute Gasteiger partial charge is 0.196 e. The van der Waals surface area contributed by atoms with E-state index in [-0.39, 0.29) is 12.4 Å². The van der Waals surface area contributed by atoms with Crippen molar-refractivity contribution in [3.05, 3.63) is 120 Å². The van der Waals surface area contributed by atoms with Crippen LogP contribution in [0.1, 0.15) is 16.7 Å². The molecule has 0 aromatic heterocycles. The molecule has 5 nitrogen and oxygen atoms in total. The summed E-state index contributed by atoms with van der Waals surface area (Å²) in [4.78, 5) is 0. The molecule has 0 amide bonds. The molecule has 0 unspecified atom stereocenters. The van der Waals surface area contributed by atoms with Gasteiger partial charge >= 0.3 is 0 Å². The van der Waals surface area contributed by atoms with E-state index in [1.165, 1.54) is 0 Å².